The quantitative estimate of drug-likeness (QED) is 0.775. The number of halogens is 1. The normalized spacial score (nSPS) is 12.2. The van der Waals surface area contributed by atoms with Crippen LogP contribution in [0.25, 0.3) is 0 Å². The second kappa shape index (κ2) is 7.70. The van der Waals surface area contributed by atoms with Gasteiger partial charge < -0.3 is 19.2 Å². The highest BCUT2D eigenvalue weighted by Gasteiger charge is 2.13. The zero-order valence-corrected chi connectivity index (χ0v) is 15.0. The molecule has 0 saturated heterocycles. The standard InChI is InChI=1S/C17H22BrNO3/c1-5-21-16-9-13(8-14(18)17(16)20-4)10-19-12(3)15-7-6-11(2)22-15/h6-9,12,19H,5,10H2,1-4H3. The van der Waals surface area contributed by atoms with Gasteiger partial charge in [0.1, 0.15) is 11.5 Å². The number of hydrogen-bond donors (Lipinski definition) is 1. The van der Waals surface area contributed by atoms with E-state index in [1.54, 1.807) is 7.11 Å². The van der Waals surface area contributed by atoms with Gasteiger partial charge in [-0.25, -0.2) is 0 Å². The summed E-state index contributed by atoms with van der Waals surface area (Å²) in [6.07, 6.45) is 0. The maximum Gasteiger partial charge on any atom is 0.174 e. The molecule has 2 aromatic rings. The van der Waals surface area contributed by atoms with Gasteiger partial charge in [0.05, 0.1) is 24.2 Å². The third-order valence-electron chi connectivity index (χ3n) is 3.37. The second-order valence-corrected chi connectivity index (χ2v) is 5.95. The molecule has 4 nitrogen and oxygen atoms in total. The van der Waals surface area contributed by atoms with Crippen molar-refractivity contribution in [2.75, 3.05) is 13.7 Å². The fourth-order valence-corrected chi connectivity index (χ4v) is 2.89. The molecule has 5 heteroatoms. The molecule has 2 rings (SSSR count). The van der Waals surface area contributed by atoms with Crippen LogP contribution in [0.15, 0.2) is 33.2 Å². The van der Waals surface area contributed by atoms with Crippen LogP contribution in [0.1, 0.15) is 37.0 Å². The second-order valence-electron chi connectivity index (χ2n) is 5.09. The van der Waals surface area contributed by atoms with E-state index in [1.807, 2.05) is 38.1 Å². The Morgan fingerprint density at radius 2 is 2.09 bits per heavy atom. The van der Waals surface area contributed by atoms with Gasteiger partial charge in [0, 0.05) is 6.54 Å². The monoisotopic (exact) mass is 367 g/mol. The Bertz CT molecular complexity index is 624. The van der Waals surface area contributed by atoms with E-state index in [4.69, 9.17) is 13.9 Å². The first-order chi connectivity index (χ1) is 10.5. The Morgan fingerprint density at radius 1 is 1.32 bits per heavy atom. The Morgan fingerprint density at radius 3 is 2.68 bits per heavy atom. The molecule has 0 saturated carbocycles. The number of hydrogen-bond acceptors (Lipinski definition) is 4. The molecule has 0 radical (unpaired) electrons. The lowest BCUT2D eigenvalue weighted by molar-refractivity contribution is 0.309. The number of furan rings is 1. The van der Waals surface area contributed by atoms with Crippen LogP contribution in [0.5, 0.6) is 11.5 Å². The van der Waals surface area contributed by atoms with Crippen molar-refractivity contribution in [2.24, 2.45) is 0 Å². The van der Waals surface area contributed by atoms with Crippen LogP contribution < -0.4 is 14.8 Å². The summed E-state index contributed by atoms with van der Waals surface area (Å²) in [5, 5.41) is 3.45. The molecule has 1 N–H and O–H groups in total. The number of aryl methyl sites for hydroxylation is 1. The Labute approximate surface area is 139 Å². The van der Waals surface area contributed by atoms with E-state index < -0.39 is 0 Å². The van der Waals surface area contributed by atoms with Gasteiger partial charge in [-0.05, 0) is 66.5 Å². The molecule has 0 fully saturated rings. The lowest BCUT2D eigenvalue weighted by Crippen LogP contribution is -2.17. The molecule has 1 unspecified atom stereocenters. The van der Waals surface area contributed by atoms with Crippen molar-refractivity contribution >= 4 is 15.9 Å². The summed E-state index contributed by atoms with van der Waals surface area (Å²) in [6.45, 7) is 7.30. The van der Waals surface area contributed by atoms with Crippen molar-refractivity contribution in [3.05, 3.63) is 45.8 Å². The summed E-state index contributed by atoms with van der Waals surface area (Å²) < 4.78 is 17.5. The molecule has 1 aromatic heterocycles. The van der Waals surface area contributed by atoms with Gasteiger partial charge in [-0.3, -0.25) is 0 Å². The van der Waals surface area contributed by atoms with Crippen molar-refractivity contribution < 1.29 is 13.9 Å². The van der Waals surface area contributed by atoms with Crippen LogP contribution >= 0.6 is 15.9 Å². The lowest BCUT2D eigenvalue weighted by Gasteiger charge is -2.15. The van der Waals surface area contributed by atoms with Gasteiger partial charge in [0.25, 0.3) is 0 Å². The van der Waals surface area contributed by atoms with Crippen LogP contribution in [-0.4, -0.2) is 13.7 Å². The Hall–Kier alpha value is -1.46. The highest BCUT2D eigenvalue weighted by Crippen LogP contribution is 2.36. The summed E-state index contributed by atoms with van der Waals surface area (Å²) in [7, 11) is 1.64. The Kier molecular flexibility index (Phi) is 5.91. The smallest absolute Gasteiger partial charge is 0.174 e. The third kappa shape index (κ3) is 4.05. The minimum atomic E-state index is 0.144. The van der Waals surface area contributed by atoms with Gasteiger partial charge in [-0.15, -0.1) is 0 Å². The van der Waals surface area contributed by atoms with Gasteiger partial charge in [0.2, 0.25) is 0 Å². The summed E-state index contributed by atoms with van der Waals surface area (Å²) >= 11 is 3.53. The minimum Gasteiger partial charge on any atom is -0.492 e. The summed E-state index contributed by atoms with van der Waals surface area (Å²) in [5.74, 6) is 3.34. The van der Waals surface area contributed by atoms with E-state index in [0.29, 0.717) is 13.2 Å². The zero-order chi connectivity index (χ0) is 16.1. The summed E-state index contributed by atoms with van der Waals surface area (Å²) in [5.41, 5.74) is 1.12. The van der Waals surface area contributed by atoms with Gasteiger partial charge in [-0.1, -0.05) is 0 Å². The number of nitrogens with one attached hydrogen (secondary N) is 1. The van der Waals surface area contributed by atoms with Crippen molar-refractivity contribution in [2.45, 2.75) is 33.4 Å². The minimum absolute atomic E-state index is 0.144. The van der Waals surface area contributed by atoms with Crippen molar-refractivity contribution in [3.63, 3.8) is 0 Å². The number of rotatable bonds is 7. The van der Waals surface area contributed by atoms with E-state index in [-0.39, 0.29) is 6.04 Å². The molecule has 22 heavy (non-hydrogen) atoms. The largest absolute Gasteiger partial charge is 0.492 e. The molecule has 0 aliphatic heterocycles. The first-order valence-corrected chi connectivity index (χ1v) is 8.13. The van der Waals surface area contributed by atoms with Crippen LogP contribution in [0, 0.1) is 6.92 Å². The van der Waals surface area contributed by atoms with Gasteiger partial charge >= 0.3 is 0 Å². The summed E-state index contributed by atoms with van der Waals surface area (Å²) in [6, 6.07) is 8.16. The van der Waals surface area contributed by atoms with Crippen LogP contribution in [0.3, 0.4) is 0 Å². The fraction of sp³-hybridized carbons (Fsp3) is 0.412. The molecule has 0 spiro atoms. The maximum absolute atomic E-state index is 5.64. The molecule has 0 amide bonds. The molecule has 0 aliphatic rings. The van der Waals surface area contributed by atoms with Crippen LogP contribution in [-0.2, 0) is 6.54 Å². The molecule has 1 heterocycles. The number of ether oxygens (including phenoxy) is 2. The number of methoxy groups -OCH3 is 1. The maximum atomic E-state index is 5.64. The fourth-order valence-electron chi connectivity index (χ4n) is 2.24. The van der Waals surface area contributed by atoms with E-state index in [2.05, 4.69) is 28.2 Å². The molecular weight excluding hydrogens is 346 g/mol. The van der Waals surface area contributed by atoms with Crippen LogP contribution in [0.2, 0.25) is 0 Å². The van der Waals surface area contributed by atoms with E-state index >= 15 is 0 Å². The van der Waals surface area contributed by atoms with Gasteiger partial charge in [-0.2, -0.15) is 0 Å². The van der Waals surface area contributed by atoms with Crippen LogP contribution in [0.4, 0.5) is 0 Å². The van der Waals surface area contributed by atoms with Crippen molar-refractivity contribution in [1.82, 2.24) is 5.32 Å². The molecule has 0 aliphatic carbocycles. The first-order valence-electron chi connectivity index (χ1n) is 7.34. The predicted octanol–water partition coefficient (Wildman–Crippen LogP) is 4.61. The molecular formula is C17H22BrNO3. The third-order valence-corrected chi connectivity index (χ3v) is 3.96. The zero-order valence-electron chi connectivity index (χ0n) is 13.4. The summed E-state index contributed by atoms with van der Waals surface area (Å²) in [4.78, 5) is 0. The molecule has 0 bridgehead atoms. The average molecular weight is 368 g/mol. The van der Waals surface area contributed by atoms with Crippen molar-refractivity contribution in [3.8, 4) is 11.5 Å². The number of benzene rings is 1. The SMILES string of the molecule is CCOc1cc(CNC(C)c2ccc(C)o2)cc(Br)c1OC. The van der Waals surface area contributed by atoms with Gasteiger partial charge in [0.15, 0.2) is 11.5 Å². The van der Waals surface area contributed by atoms with E-state index in [1.165, 1.54) is 0 Å². The molecule has 1 atom stereocenters. The van der Waals surface area contributed by atoms with E-state index in [0.717, 1.165) is 33.1 Å². The lowest BCUT2D eigenvalue weighted by atomic mass is 10.1. The first kappa shape index (κ1) is 16.9. The van der Waals surface area contributed by atoms with E-state index in [9.17, 15) is 0 Å². The highest BCUT2D eigenvalue weighted by atomic mass is 79.9. The predicted molar refractivity (Wildman–Crippen MR) is 90.6 cm³/mol. The topological polar surface area (TPSA) is 43.6 Å². The molecule has 120 valence electrons. The average Bonchev–Trinajstić information content (AvgIpc) is 2.91. The Balaban J connectivity index is 2.09. The molecule has 1 aromatic carbocycles. The highest BCUT2D eigenvalue weighted by molar-refractivity contribution is 9.10. The van der Waals surface area contributed by atoms with Crippen molar-refractivity contribution in [1.29, 1.82) is 0 Å².